The number of rotatable bonds is 12. The summed E-state index contributed by atoms with van der Waals surface area (Å²) in [6, 6.07) is 1.31. The van der Waals surface area contributed by atoms with E-state index in [9.17, 15) is 4.79 Å². The first-order chi connectivity index (χ1) is 9.04. The molecule has 0 bridgehead atoms. The van der Waals surface area contributed by atoms with Crippen molar-refractivity contribution in [3.8, 4) is 0 Å². The fourth-order valence-corrected chi connectivity index (χ4v) is 2.58. The summed E-state index contributed by atoms with van der Waals surface area (Å²) in [7, 11) is 1.60. The Balaban J connectivity index is 3.30. The van der Waals surface area contributed by atoms with Gasteiger partial charge in [0, 0.05) is 7.11 Å². The molecule has 0 radical (unpaired) electrons. The first kappa shape index (κ1) is 18.6. The number of carbonyl (C=O) groups excluding carboxylic acids is 1. The van der Waals surface area contributed by atoms with Crippen LogP contribution in [0.25, 0.3) is 0 Å². The number of unbranched alkanes of at least 4 members (excludes halogenated alkanes) is 5. The molecule has 3 nitrogen and oxygen atoms in total. The van der Waals surface area contributed by atoms with Crippen LogP contribution >= 0.6 is 0 Å². The van der Waals surface area contributed by atoms with Gasteiger partial charge in [-0.3, -0.25) is 4.79 Å². The summed E-state index contributed by atoms with van der Waals surface area (Å²) in [5.41, 5.74) is -0.328. The van der Waals surface area contributed by atoms with E-state index in [1.165, 1.54) is 38.1 Å². The molecule has 0 aromatic heterocycles. The first-order valence-corrected chi connectivity index (χ1v) is 9.28. The molecule has 0 saturated heterocycles. The van der Waals surface area contributed by atoms with E-state index >= 15 is 0 Å². The maximum Gasteiger partial charge on any atom is 0.311 e. The molecule has 0 aromatic rings. The van der Waals surface area contributed by atoms with Crippen LogP contribution in [0.3, 0.4) is 0 Å². The lowest BCUT2D eigenvalue weighted by atomic mass is 9.91. The van der Waals surface area contributed by atoms with Crippen LogP contribution in [0.2, 0.25) is 6.04 Å². The van der Waals surface area contributed by atoms with E-state index < -0.39 is 0 Å². The highest BCUT2D eigenvalue weighted by atomic mass is 28.2. The quantitative estimate of drug-likeness (QED) is 0.313. The third-order valence-electron chi connectivity index (χ3n) is 3.66. The minimum absolute atomic E-state index is 0.0560. The lowest BCUT2D eigenvalue weighted by Gasteiger charge is -2.20. The van der Waals surface area contributed by atoms with Gasteiger partial charge in [0.25, 0.3) is 0 Å². The smallest absolute Gasteiger partial charge is 0.311 e. The van der Waals surface area contributed by atoms with Gasteiger partial charge in [0.2, 0.25) is 0 Å². The summed E-state index contributed by atoms with van der Waals surface area (Å²) in [5, 5.41) is 0. The van der Waals surface area contributed by atoms with Crippen molar-refractivity contribution in [3.05, 3.63) is 0 Å². The van der Waals surface area contributed by atoms with Crippen molar-refractivity contribution in [1.82, 2.24) is 0 Å². The van der Waals surface area contributed by atoms with Crippen LogP contribution in [0.15, 0.2) is 0 Å². The average molecular weight is 289 g/mol. The maximum atomic E-state index is 11.7. The van der Waals surface area contributed by atoms with Gasteiger partial charge in [-0.05, 0) is 32.7 Å². The van der Waals surface area contributed by atoms with Gasteiger partial charge in [0.05, 0.1) is 12.0 Å². The van der Waals surface area contributed by atoms with Gasteiger partial charge in [-0.15, -0.1) is 0 Å². The lowest BCUT2D eigenvalue weighted by Crippen LogP contribution is -2.26. The number of esters is 1. The SMILES string of the molecule is CCC(C)(C)C(=O)OCCCCCCCC[SiH2]OC. The van der Waals surface area contributed by atoms with Crippen LogP contribution in [0, 0.1) is 5.41 Å². The minimum atomic E-state index is -0.328. The lowest BCUT2D eigenvalue weighted by molar-refractivity contribution is -0.154. The van der Waals surface area contributed by atoms with E-state index in [1.54, 1.807) is 0 Å². The Kier molecular flexibility index (Phi) is 11.3. The van der Waals surface area contributed by atoms with Crippen LogP contribution in [0.1, 0.15) is 65.7 Å². The van der Waals surface area contributed by atoms with Gasteiger partial charge in [0.15, 0.2) is 9.76 Å². The van der Waals surface area contributed by atoms with Crippen LogP contribution in [0.4, 0.5) is 0 Å². The molecule has 0 heterocycles. The zero-order valence-corrected chi connectivity index (χ0v) is 14.7. The fourth-order valence-electron chi connectivity index (χ4n) is 1.74. The third kappa shape index (κ3) is 10.1. The number of hydrogen-bond donors (Lipinski definition) is 0. The molecular formula is C15H32O3Si. The zero-order valence-electron chi connectivity index (χ0n) is 13.3. The maximum absolute atomic E-state index is 11.7. The van der Waals surface area contributed by atoms with E-state index in [4.69, 9.17) is 9.16 Å². The molecular weight excluding hydrogens is 256 g/mol. The molecule has 0 amide bonds. The Labute approximate surface area is 121 Å². The van der Waals surface area contributed by atoms with E-state index in [0.717, 1.165) is 12.8 Å². The molecule has 19 heavy (non-hydrogen) atoms. The molecule has 0 unspecified atom stereocenters. The molecule has 4 heteroatoms. The summed E-state index contributed by atoms with van der Waals surface area (Å²) in [6.07, 6.45) is 8.19. The van der Waals surface area contributed by atoms with Gasteiger partial charge in [-0.1, -0.05) is 39.0 Å². The highest BCUT2D eigenvalue weighted by Crippen LogP contribution is 2.21. The van der Waals surface area contributed by atoms with Crippen molar-refractivity contribution in [3.63, 3.8) is 0 Å². The third-order valence-corrected chi connectivity index (χ3v) is 4.86. The second-order valence-corrected chi connectivity index (χ2v) is 7.53. The number of hydrogen-bond acceptors (Lipinski definition) is 3. The van der Waals surface area contributed by atoms with Gasteiger partial charge in [-0.25, -0.2) is 0 Å². The zero-order chi connectivity index (χ0) is 14.6. The van der Waals surface area contributed by atoms with Gasteiger partial charge >= 0.3 is 5.97 Å². The Morgan fingerprint density at radius 1 is 1.05 bits per heavy atom. The van der Waals surface area contributed by atoms with E-state index in [2.05, 4.69) is 0 Å². The van der Waals surface area contributed by atoms with E-state index in [0.29, 0.717) is 6.61 Å². The largest absolute Gasteiger partial charge is 0.465 e. The first-order valence-electron chi connectivity index (χ1n) is 7.70. The van der Waals surface area contributed by atoms with Crippen molar-refractivity contribution in [2.24, 2.45) is 5.41 Å². The number of ether oxygens (including phenoxy) is 1. The Morgan fingerprint density at radius 3 is 2.21 bits per heavy atom. The molecule has 0 aliphatic heterocycles. The molecule has 0 aliphatic rings. The van der Waals surface area contributed by atoms with Gasteiger partial charge in [-0.2, -0.15) is 0 Å². The van der Waals surface area contributed by atoms with Crippen molar-refractivity contribution >= 4 is 15.7 Å². The molecule has 114 valence electrons. The summed E-state index contributed by atoms with van der Waals surface area (Å²) in [4.78, 5) is 11.7. The van der Waals surface area contributed by atoms with E-state index in [-0.39, 0.29) is 21.1 Å². The predicted molar refractivity (Wildman–Crippen MR) is 83.1 cm³/mol. The van der Waals surface area contributed by atoms with Crippen molar-refractivity contribution in [1.29, 1.82) is 0 Å². The standard InChI is InChI=1S/C15H32O3Si/c1-5-15(2,3)14(16)18-12-10-8-6-7-9-11-13-19-17-4/h5-13,19H2,1-4H3. The highest BCUT2D eigenvalue weighted by molar-refractivity contribution is 6.26. The Bertz CT molecular complexity index is 229. The molecule has 0 N–H and O–H groups in total. The molecule has 0 atom stereocenters. The summed E-state index contributed by atoms with van der Waals surface area (Å²) >= 11 is 0. The average Bonchev–Trinajstić information content (AvgIpc) is 2.40. The topological polar surface area (TPSA) is 35.5 Å². The molecule has 0 rings (SSSR count). The summed E-state index contributed by atoms with van der Waals surface area (Å²) in [6.45, 7) is 6.49. The Morgan fingerprint density at radius 2 is 1.63 bits per heavy atom. The van der Waals surface area contributed by atoms with Crippen molar-refractivity contribution < 1.29 is 14.0 Å². The molecule has 0 spiro atoms. The van der Waals surface area contributed by atoms with Crippen LogP contribution in [0.5, 0.6) is 0 Å². The van der Waals surface area contributed by atoms with Gasteiger partial charge in [0.1, 0.15) is 0 Å². The minimum Gasteiger partial charge on any atom is -0.465 e. The second kappa shape index (κ2) is 11.5. The highest BCUT2D eigenvalue weighted by Gasteiger charge is 2.26. The number of carbonyl (C=O) groups is 1. The fraction of sp³-hybridized carbons (Fsp3) is 0.933. The van der Waals surface area contributed by atoms with Crippen LogP contribution < -0.4 is 0 Å². The molecule has 0 aromatic carbocycles. The van der Waals surface area contributed by atoms with Crippen molar-refractivity contribution in [2.45, 2.75) is 71.8 Å². The van der Waals surface area contributed by atoms with Crippen LogP contribution in [-0.2, 0) is 14.0 Å². The summed E-state index contributed by atoms with van der Waals surface area (Å²) < 4.78 is 10.5. The van der Waals surface area contributed by atoms with E-state index in [1.807, 2.05) is 27.9 Å². The molecule has 0 fully saturated rings. The monoisotopic (exact) mass is 288 g/mol. The van der Waals surface area contributed by atoms with Crippen LogP contribution in [-0.4, -0.2) is 29.4 Å². The predicted octanol–water partition coefficient (Wildman–Crippen LogP) is 3.45. The van der Waals surface area contributed by atoms with Gasteiger partial charge < -0.3 is 9.16 Å². The molecule has 0 aliphatic carbocycles. The second-order valence-electron chi connectivity index (χ2n) is 5.84. The summed E-state index contributed by atoms with van der Waals surface area (Å²) in [5.74, 6) is -0.0560. The normalized spacial score (nSPS) is 12.2. The Hall–Kier alpha value is -0.353. The van der Waals surface area contributed by atoms with Crippen molar-refractivity contribution in [2.75, 3.05) is 13.7 Å². The molecule has 0 saturated carbocycles.